The second-order valence-electron chi connectivity index (χ2n) is 4.59. The molecule has 0 aliphatic rings. The molecule has 3 aromatic rings. The van der Waals surface area contributed by atoms with Gasteiger partial charge in [0.2, 0.25) is 0 Å². The fourth-order valence-electron chi connectivity index (χ4n) is 2.38. The Morgan fingerprint density at radius 1 is 0.950 bits per heavy atom. The molecular weight excluding hydrogens is 250 g/mol. The van der Waals surface area contributed by atoms with Gasteiger partial charge in [0.1, 0.15) is 0 Å². The Kier molecular flexibility index (Phi) is 3.10. The van der Waals surface area contributed by atoms with Crippen LogP contribution in [0.4, 0.5) is 0 Å². The highest BCUT2D eigenvalue weighted by atomic mass is 16.1. The van der Waals surface area contributed by atoms with Crippen molar-refractivity contribution >= 4 is 10.9 Å². The van der Waals surface area contributed by atoms with Gasteiger partial charge < -0.3 is 9.13 Å². The number of aromatic nitrogens is 2. The lowest BCUT2D eigenvalue weighted by molar-refractivity contribution is 0.577. The maximum Gasteiger partial charge on any atom is 0.250 e. The van der Waals surface area contributed by atoms with Crippen LogP contribution in [-0.4, -0.2) is 9.13 Å². The number of nitriles is 1. The molecule has 0 unspecified atom stereocenters. The lowest BCUT2D eigenvalue weighted by atomic mass is 10.1. The number of rotatable bonds is 3. The molecule has 0 atom stereocenters. The highest BCUT2D eigenvalue weighted by Crippen LogP contribution is 2.19. The van der Waals surface area contributed by atoms with E-state index in [1.807, 2.05) is 36.5 Å². The first-order valence-corrected chi connectivity index (χ1v) is 6.43. The van der Waals surface area contributed by atoms with E-state index < -0.39 is 0 Å². The molecule has 0 bridgehead atoms. The fourth-order valence-corrected chi connectivity index (χ4v) is 2.38. The summed E-state index contributed by atoms with van der Waals surface area (Å²) in [5.41, 5.74) is 1.70. The molecule has 0 N–H and O–H groups in total. The van der Waals surface area contributed by atoms with E-state index in [2.05, 4.69) is 10.6 Å². The van der Waals surface area contributed by atoms with Crippen LogP contribution in [-0.2, 0) is 13.1 Å². The van der Waals surface area contributed by atoms with Crippen molar-refractivity contribution < 1.29 is 0 Å². The molecule has 0 saturated heterocycles. The summed E-state index contributed by atoms with van der Waals surface area (Å²) in [6.45, 7) is 1.31. The zero-order chi connectivity index (χ0) is 13.9. The zero-order valence-electron chi connectivity index (χ0n) is 10.9. The van der Waals surface area contributed by atoms with Gasteiger partial charge in [0.25, 0.3) is 5.56 Å². The van der Waals surface area contributed by atoms with Crippen LogP contribution in [0.5, 0.6) is 0 Å². The van der Waals surface area contributed by atoms with Crippen LogP contribution in [0.3, 0.4) is 0 Å². The molecule has 2 aromatic heterocycles. The van der Waals surface area contributed by atoms with Gasteiger partial charge in [-0.3, -0.25) is 4.79 Å². The van der Waals surface area contributed by atoms with Crippen molar-refractivity contribution in [2.75, 3.05) is 0 Å². The minimum absolute atomic E-state index is 0.00155. The molecule has 0 amide bonds. The molecule has 3 rings (SSSR count). The second-order valence-corrected chi connectivity index (χ2v) is 4.59. The van der Waals surface area contributed by atoms with Gasteiger partial charge in [0.05, 0.1) is 11.6 Å². The monoisotopic (exact) mass is 263 g/mol. The van der Waals surface area contributed by atoms with Gasteiger partial charge in [0, 0.05) is 42.5 Å². The van der Waals surface area contributed by atoms with Gasteiger partial charge in [-0.1, -0.05) is 12.1 Å². The lowest BCUT2D eigenvalue weighted by Crippen LogP contribution is -2.20. The Morgan fingerprint density at radius 3 is 2.60 bits per heavy atom. The predicted molar refractivity (Wildman–Crippen MR) is 77.4 cm³/mol. The number of fused-ring (bicyclic) bond motifs is 1. The Labute approximate surface area is 116 Å². The van der Waals surface area contributed by atoms with Crippen LogP contribution in [0.1, 0.15) is 5.56 Å². The van der Waals surface area contributed by atoms with Gasteiger partial charge in [-0.15, -0.1) is 0 Å². The summed E-state index contributed by atoms with van der Waals surface area (Å²) in [5, 5.41) is 10.0. The van der Waals surface area contributed by atoms with E-state index in [0.717, 1.165) is 10.9 Å². The van der Waals surface area contributed by atoms with E-state index in [1.165, 1.54) is 0 Å². The van der Waals surface area contributed by atoms with Crippen LogP contribution < -0.4 is 5.56 Å². The normalized spacial score (nSPS) is 10.6. The number of hydrogen-bond acceptors (Lipinski definition) is 2. The Bertz CT molecular complexity index is 852. The van der Waals surface area contributed by atoms with Crippen LogP contribution >= 0.6 is 0 Å². The van der Waals surface area contributed by atoms with Crippen molar-refractivity contribution in [3.8, 4) is 6.07 Å². The maximum atomic E-state index is 11.7. The van der Waals surface area contributed by atoms with Crippen molar-refractivity contribution in [2.45, 2.75) is 13.1 Å². The largest absolute Gasteiger partial charge is 0.346 e. The third-order valence-corrected chi connectivity index (χ3v) is 3.41. The topological polar surface area (TPSA) is 50.7 Å². The fraction of sp³-hybridized carbons (Fsp3) is 0.125. The molecule has 1 aromatic carbocycles. The highest BCUT2D eigenvalue weighted by molar-refractivity contribution is 5.85. The van der Waals surface area contributed by atoms with Crippen molar-refractivity contribution in [3.63, 3.8) is 0 Å². The van der Waals surface area contributed by atoms with Crippen LogP contribution in [0.15, 0.2) is 59.7 Å². The molecule has 2 heterocycles. The van der Waals surface area contributed by atoms with Gasteiger partial charge >= 0.3 is 0 Å². The molecule has 0 radical (unpaired) electrons. The standard InChI is InChI=1S/C16H13N3O/c17-12-13-4-3-5-15-14(13)7-9-18(15)10-11-19-8-2-1-6-16(19)20/h1-9H,10-11H2. The summed E-state index contributed by atoms with van der Waals surface area (Å²) in [7, 11) is 0. The molecule has 98 valence electrons. The Morgan fingerprint density at radius 2 is 1.80 bits per heavy atom. The van der Waals surface area contributed by atoms with E-state index in [4.69, 9.17) is 5.26 Å². The summed E-state index contributed by atoms with van der Waals surface area (Å²) in [6.07, 6.45) is 3.74. The summed E-state index contributed by atoms with van der Waals surface area (Å²) >= 11 is 0. The molecule has 0 spiro atoms. The summed E-state index contributed by atoms with van der Waals surface area (Å²) in [4.78, 5) is 11.7. The molecular formula is C16H13N3O. The summed E-state index contributed by atoms with van der Waals surface area (Å²) in [5.74, 6) is 0. The number of aryl methyl sites for hydroxylation is 2. The second kappa shape index (κ2) is 5.06. The van der Waals surface area contributed by atoms with Crippen LogP contribution in [0.2, 0.25) is 0 Å². The Hall–Kier alpha value is -2.80. The lowest BCUT2D eigenvalue weighted by Gasteiger charge is -2.08. The van der Waals surface area contributed by atoms with Gasteiger partial charge in [-0.25, -0.2) is 0 Å². The summed E-state index contributed by atoms with van der Waals surface area (Å²) in [6, 6.07) is 15.0. The first kappa shape index (κ1) is 12.2. The zero-order valence-corrected chi connectivity index (χ0v) is 10.9. The number of hydrogen-bond donors (Lipinski definition) is 0. The SMILES string of the molecule is N#Cc1cccc2c1ccn2CCn1ccccc1=O. The van der Waals surface area contributed by atoms with Crippen molar-refractivity contribution in [2.24, 2.45) is 0 Å². The number of benzene rings is 1. The summed E-state index contributed by atoms with van der Waals surface area (Å²) < 4.78 is 3.75. The molecule has 0 saturated carbocycles. The molecule has 4 heteroatoms. The van der Waals surface area contributed by atoms with E-state index >= 15 is 0 Å². The molecule has 0 fully saturated rings. The van der Waals surface area contributed by atoms with Gasteiger partial charge in [-0.05, 0) is 24.3 Å². The van der Waals surface area contributed by atoms with Crippen LogP contribution in [0.25, 0.3) is 10.9 Å². The molecule has 20 heavy (non-hydrogen) atoms. The Balaban J connectivity index is 1.91. The molecule has 0 aliphatic carbocycles. The first-order chi connectivity index (χ1) is 9.79. The van der Waals surface area contributed by atoms with Crippen molar-refractivity contribution in [1.29, 1.82) is 5.26 Å². The minimum Gasteiger partial charge on any atom is -0.346 e. The first-order valence-electron chi connectivity index (χ1n) is 6.43. The van der Waals surface area contributed by atoms with Crippen LogP contribution in [0, 0.1) is 11.3 Å². The number of pyridine rings is 1. The minimum atomic E-state index is 0.00155. The molecule has 0 aliphatic heterocycles. The van der Waals surface area contributed by atoms with Gasteiger partial charge in [-0.2, -0.15) is 5.26 Å². The average Bonchev–Trinajstić information content (AvgIpc) is 2.89. The quantitative estimate of drug-likeness (QED) is 0.728. The van der Waals surface area contributed by atoms with Crippen molar-refractivity contribution in [1.82, 2.24) is 9.13 Å². The van der Waals surface area contributed by atoms with E-state index in [9.17, 15) is 4.79 Å². The van der Waals surface area contributed by atoms with E-state index in [-0.39, 0.29) is 5.56 Å². The smallest absolute Gasteiger partial charge is 0.250 e. The number of nitrogens with zero attached hydrogens (tertiary/aromatic N) is 3. The van der Waals surface area contributed by atoms with Gasteiger partial charge in [0.15, 0.2) is 0 Å². The predicted octanol–water partition coefficient (Wildman–Crippen LogP) is 2.37. The third kappa shape index (κ3) is 2.10. The van der Waals surface area contributed by atoms with E-state index in [0.29, 0.717) is 18.7 Å². The highest BCUT2D eigenvalue weighted by Gasteiger charge is 2.05. The third-order valence-electron chi connectivity index (χ3n) is 3.41. The van der Waals surface area contributed by atoms with Crippen molar-refractivity contribution in [3.05, 3.63) is 70.8 Å². The molecule has 4 nitrogen and oxygen atoms in total. The maximum absolute atomic E-state index is 11.7. The average molecular weight is 263 g/mol. The van der Waals surface area contributed by atoms with E-state index in [1.54, 1.807) is 22.9 Å².